The zero-order chi connectivity index (χ0) is 28.9. The van der Waals surface area contributed by atoms with E-state index in [9.17, 15) is 33.6 Å². The van der Waals surface area contributed by atoms with E-state index in [-0.39, 0.29) is 30.0 Å². The number of hydrogen-bond acceptors (Lipinski definition) is 8. The van der Waals surface area contributed by atoms with Crippen LogP contribution in [0.1, 0.15) is 26.4 Å². The molecule has 0 aliphatic rings. The van der Waals surface area contributed by atoms with Gasteiger partial charge in [0.1, 0.15) is 0 Å². The summed E-state index contributed by atoms with van der Waals surface area (Å²) in [5, 5.41) is 45.6. The van der Waals surface area contributed by atoms with Crippen molar-refractivity contribution in [1.82, 2.24) is 9.62 Å². The number of carbonyl (C=O) groups excluding carboxylic acids is 1. The maximum atomic E-state index is 13.7. The normalized spacial score (nSPS) is 13.2. The van der Waals surface area contributed by atoms with Crippen LogP contribution < -0.4 is 5.32 Å². The van der Waals surface area contributed by atoms with Gasteiger partial charge in [-0.2, -0.15) is 4.31 Å². The number of phenols is 3. The summed E-state index contributed by atoms with van der Waals surface area (Å²) in [6, 6.07) is 20.4. The van der Waals surface area contributed by atoms with Gasteiger partial charge in [-0.25, -0.2) is 8.42 Å². The number of aliphatic hydroxyl groups excluding tert-OH is 1. The van der Waals surface area contributed by atoms with E-state index in [1.54, 1.807) is 43.3 Å². The molecule has 0 fully saturated rings. The number of carbonyl (C=O) groups is 1. The summed E-state index contributed by atoms with van der Waals surface area (Å²) in [5.74, 6) is -3.08. The first-order valence-corrected chi connectivity index (χ1v) is 14.7. The molecular formula is C29H30N2O7S2. The molecule has 1 amide bonds. The van der Waals surface area contributed by atoms with Crippen LogP contribution in [-0.2, 0) is 23.0 Å². The van der Waals surface area contributed by atoms with E-state index in [4.69, 9.17) is 0 Å². The average molecular weight is 583 g/mol. The second-order valence-electron chi connectivity index (χ2n) is 9.36. The summed E-state index contributed by atoms with van der Waals surface area (Å²) < 4.78 is 28.7. The van der Waals surface area contributed by atoms with E-state index in [2.05, 4.69) is 5.32 Å². The van der Waals surface area contributed by atoms with Gasteiger partial charge in [-0.1, -0.05) is 48.5 Å². The van der Waals surface area contributed by atoms with Gasteiger partial charge in [-0.3, -0.25) is 4.79 Å². The van der Waals surface area contributed by atoms with Crippen LogP contribution in [0.4, 0.5) is 0 Å². The minimum absolute atomic E-state index is 0.0175. The quantitative estimate of drug-likeness (QED) is 0.169. The number of nitrogens with one attached hydrogen (secondary N) is 1. The highest BCUT2D eigenvalue weighted by atomic mass is 32.2. The van der Waals surface area contributed by atoms with E-state index in [0.29, 0.717) is 0 Å². The summed E-state index contributed by atoms with van der Waals surface area (Å²) in [6.07, 6.45) is -1.22. The van der Waals surface area contributed by atoms with Gasteiger partial charge in [0.2, 0.25) is 15.8 Å². The highest BCUT2D eigenvalue weighted by Crippen LogP contribution is 2.37. The molecule has 0 aliphatic carbocycles. The molecule has 9 nitrogen and oxygen atoms in total. The first kappa shape index (κ1) is 29.1. The number of sulfonamides is 1. The minimum Gasteiger partial charge on any atom is -0.504 e. The molecule has 40 heavy (non-hydrogen) atoms. The Balaban J connectivity index is 1.66. The smallest absolute Gasteiger partial charge is 0.255 e. The number of aromatic hydroxyl groups is 3. The summed E-state index contributed by atoms with van der Waals surface area (Å²) in [4.78, 5) is 14.0. The third-order valence-corrected chi connectivity index (χ3v) is 9.05. The molecule has 0 radical (unpaired) electrons. The Morgan fingerprint density at radius 3 is 2.38 bits per heavy atom. The summed E-state index contributed by atoms with van der Waals surface area (Å²) >= 11 is 1.39. The SMILES string of the molecule is Cc1cccc(S(=O)(=O)N(Cc2cccs2)C[C@@H](O)[C@H](Cc2ccccc2)NC(=O)c2ccc(O)c(O)c2O)c1. The summed E-state index contributed by atoms with van der Waals surface area (Å²) in [7, 11) is -4.03. The number of benzene rings is 3. The highest BCUT2D eigenvalue weighted by Gasteiger charge is 2.32. The molecule has 1 heterocycles. The molecule has 0 spiro atoms. The largest absolute Gasteiger partial charge is 0.504 e. The van der Waals surface area contributed by atoms with Crippen LogP contribution in [0.5, 0.6) is 17.2 Å². The molecule has 0 saturated heterocycles. The van der Waals surface area contributed by atoms with Gasteiger partial charge in [-0.15, -0.1) is 11.3 Å². The van der Waals surface area contributed by atoms with Crippen LogP contribution in [0.15, 0.2) is 89.1 Å². The maximum Gasteiger partial charge on any atom is 0.255 e. The van der Waals surface area contributed by atoms with Gasteiger partial charge >= 0.3 is 0 Å². The molecule has 0 aliphatic heterocycles. The van der Waals surface area contributed by atoms with Crippen LogP contribution in [-0.4, -0.2) is 57.7 Å². The Morgan fingerprint density at radius 2 is 1.70 bits per heavy atom. The molecule has 210 valence electrons. The van der Waals surface area contributed by atoms with Gasteiger partial charge in [0.05, 0.1) is 22.6 Å². The van der Waals surface area contributed by atoms with Gasteiger partial charge in [-0.05, 0) is 60.2 Å². The van der Waals surface area contributed by atoms with Crippen molar-refractivity contribution >= 4 is 27.3 Å². The first-order chi connectivity index (χ1) is 19.1. The van der Waals surface area contributed by atoms with E-state index in [1.165, 1.54) is 21.7 Å². The van der Waals surface area contributed by atoms with Crippen molar-refractivity contribution in [3.05, 3.63) is 106 Å². The number of aryl methyl sites for hydroxylation is 1. The van der Waals surface area contributed by atoms with Crippen molar-refractivity contribution in [2.75, 3.05) is 6.54 Å². The van der Waals surface area contributed by atoms with E-state index >= 15 is 0 Å². The van der Waals surface area contributed by atoms with Crippen molar-refractivity contribution in [3.63, 3.8) is 0 Å². The van der Waals surface area contributed by atoms with Crippen LogP contribution >= 0.6 is 11.3 Å². The lowest BCUT2D eigenvalue weighted by atomic mass is 10.00. The standard InChI is InChI=1S/C29H30N2O7S2/c1-19-7-5-11-22(15-19)40(37,38)31(17-21-10-6-14-39-21)18-26(33)24(16-20-8-3-2-4-9-20)30-29(36)23-12-13-25(32)28(35)27(23)34/h2-15,24,26,32-35H,16-18H2,1H3,(H,30,36)/t24-,26+/m0/s1. The average Bonchev–Trinajstić information content (AvgIpc) is 3.45. The molecule has 5 N–H and O–H groups in total. The second-order valence-corrected chi connectivity index (χ2v) is 12.3. The van der Waals surface area contributed by atoms with Crippen molar-refractivity contribution in [2.24, 2.45) is 0 Å². The number of rotatable bonds is 11. The van der Waals surface area contributed by atoms with E-state index < -0.39 is 45.3 Å². The molecule has 4 aromatic rings. The topological polar surface area (TPSA) is 147 Å². The molecule has 0 saturated carbocycles. The van der Waals surface area contributed by atoms with Crippen molar-refractivity contribution in [1.29, 1.82) is 0 Å². The van der Waals surface area contributed by atoms with Crippen LogP contribution in [0.3, 0.4) is 0 Å². The monoisotopic (exact) mass is 582 g/mol. The fourth-order valence-electron chi connectivity index (χ4n) is 4.23. The predicted octanol–water partition coefficient (Wildman–Crippen LogP) is 3.77. The number of hydrogen-bond donors (Lipinski definition) is 5. The van der Waals surface area contributed by atoms with E-state index in [0.717, 1.165) is 28.1 Å². The second kappa shape index (κ2) is 12.5. The zero-order valence-electron chi connectivity index (χ0n) is 21.6. The minimum atomic E-state index is -4.03. The van der Waals surface area contributed by atoms with Crippen molar-refractivity contribution < 1.29 is 33.6 Å². The fraction of sp³-hybridized carbons (Fsp3) is 0.207. The lowest BCUT2D eigenvalue weighted by Gasteiger charge is -2.30. The Hall–Kier alpha value is -3.90. The number of nitrogens with zero attached hydrogens (tertiary/aromatic N) is 1. The molecule has 4 rings (SSSR count). The van der Waals surface area contributed by atoms with Crippen LogP contribution in [0.25, 0.3) is 0 Å². The molecule has 3 aromatic carbocycles. The van der Waals surface area contributed by atoms with Gasteiger partial charge in [0.25, 0.3) is 5.91 Å². The number of aliphatic hydroxyl groups is 1. The third kappa shape index (κ3) is 6.80. The molecular weight excluding hydrogens is 552 g/mol. The number of amides is 1. The highest BCUT2D eigenvalue weighted by molar-refractivity contribution is 7.89. The van der Waals surface area contributed by atoms with Crippen molar-refractivity contribution in [2.45, 2.75) is 36.9 Å². The van der Waals surface area contributed by atoms with Crippen LogP contribution in [0, 0.1) is 6.92 Å². The van der Waals surface area contributed by atoms with Gasteiger partial charge in [0.15, 0.2) is 11.5 Å². The lowest BCUT2D eigenvalue weighted by Crippen LogP contribution is -2.50. The van der Waals surface area contributed by atoms with Gasteiger partial charge in [0, 0.05) is 18.0 Å². The Labute approximate surface area is 236 Å². The number of thiophene rings is 1. The molecule has 2 atom stereocenters. The first-order valence-electron chi connectivity index (χ1n) is 12.4. The van der Waals surface area contributed by atoms with E-state index in [1.807, 2.05) is 29.6 Å². The predicted molar refractivity (Wildman–Crippen MR) is 152 cm³/mol. The summed E-state index contributed by atoms with van der Waals surface area (Å²) in [5.41, 5.74) is 1.23. The summed E-state index contributed by atoms with van der Waals surface area (Å²) in [6.45, 7) is 1.47. The Bertz CT molecular complexity index is 1560. The molecule has 1 aromatic heterocycles. The van der Waals surface area contributed by atoms with Gasteiger partial charge < -0.3 is 25.7 Å². The maximum absolute atomic E-state index is 13.7. The van der Waals surface area contributed by atoms with Crippen LogP contribution in [0.2, 0.25) is 0 Å². The molecule has 11 heteroatoms. The third-order valence-electron chi connectivity index (χ3n) is 6.38. The molecule has 0 bridgehead atoms. The van der Waals surface area contributed by atoms with Crippen molar-refractivity contribution in [3.8, 4) is 17.2 Å². The fourth-order valence-corrected chi connectivity index (χ4v) is 6.58. The lowest BCUT2D eigenvalue weighted by molar-refractivity contribution is 0.0776. The Kier molecular flexibility index (Phi) is 9.10. The molecule has 0 unspecified atom stereocenters. The Morgan fingerprint density at radius 1 is 0.950 bits per heavy atom. The zero-order valence-corrected chi connectivity index (χ0v) is 23.3. The number of phenolic OH excluding ortho intramolecular Hbond substituents is 3.